The lowest BCUT2D eigenvalue weighted by atomic mass is 10.4. The number of carbonyl (C=O) groups excluding carboxylic acids is 1. The van der Waals surface area contributed by atoms with E-state index in [0.717, 1.165) is 6.42 Å². The maximum Gasteiger partial charge on any atom is 0.317 e. The van der Waals surface area contributed by atoms with Crippen LogP contribution in [-0.4, -0.2) is 69.6 Å². The summed E-state index contributed by atoms with van der Waals surface area (Å²) < 4.78 is 32.1. The molecule has 0 aliphatic carbocycles. The Labute approximate surface area is 164 Å². The minimum atomic E-state index is -3.81. The molecule has 1 N–H and O–H groups in total. The van der Waals surface area contributed by atoms with Crippen LogP contribution in [0.5, 0.6) is 0 Å². The van der Waals surface area contributed by atoms with Gasteiger partial charge in [0, 0.05) is 45.9 Å². The van der Waals surface area contributed by atoms with Crippen LogP contribution in [0.1, 0.15) is 13.3 Å². The van der Waals surface area contributed by atoms with E-state index in [4.69, 9.17) is 27.9 Å². The van der Waals surface area contributed by atoms with Gasteiger partial charge in [-0.15, -0.1) is 0 Å². The van der Waals surface area contributed by atoms with Crippen molar-refractivity contribution in [3.8, 4) is 0 Å². The van der Waals surface area contributed by atoms with Gasteiger partial charge in [0.25, 0.3) is 0 Å². The van der Waals surface area contributed by atoms with E-state index in [1.807, 2.05) is 6.92 Å². The lowest BCUT2D eigenvalue weighted by Gasteiger charge is -2.34. The number of hydrogen-bond acceptors (Lipinski definition) is 4. The number of benzene rings is 1. The summed E-state index contributed by atoms with van der Waals surface area (Å²) in [5, 5.41) is 2.99. The number of piperazine rings is 1. The predicted molar refractivity (Wildman–Crippen MR) is 101 cm³/mol. The molecule has 0 atom stereocenters. The molecule has 2 amide bonds. The van der Waals surface area contributed by atoms with Crippen molar-refractivity contribution in [2.45, 2.75) is 18.2 Å². The Hall–Kier alpha value is -1.06. The standard InChI is InChI=1S/C16H23Cl2N3O4S/c1-2-25-12-4-7-19-16(22)20-8-10-21(11-9-20)26(23,24)15-13(17)5-3-6-14(15)18/h3,5-6H,2,4,7-12H2,1H3,(H,19,22). The van der Waals surface area contributed by atoms with E-state index in [1.54, 1.807) is 11.0 Å². The average Bonchev–Trinajstić information content (AvgIpc) is 2.61. The SMILES string of the molecule is CCOCCCNC(=O)N1CCN(S(=O)(=O)c2c(Cl)cccc2Cl)CC1. The first kappa shape index (κ1) is 21.2. The Bertz CT molecular complexity index is 702. The molecule has 1 aromatic rings. The van der Waals surface area contributed by atoms with Gasteiger partial charge < -0.3 is 15.0 Å². The number of urea groups is 1. The number of hydrogen-bond donors (Lipinski definition) is 1. The van der Waals surface area contributed by atoms with Crippen molar-refractivity contribution in [3.63, 3.8) is 0 Å². The highest BCUT2D eigenvalue weighted by Gasteiger charge is 2.32. The van der Waals surface area contributed by atoms with E-state index in [9.17, 15) is 13.2 Å². The van der Waals surface area contributed by atoms with Crippen molar-refractivity contribution >= 4 is 39.3 Å². The van der Waals surface area contributed by atoms with E-state index >= 15 is 0 Å². The molecule has 1 saturated heterocycles. The Morgan fingerprint density at radius 2 is 1.81 bits per heavy atom. The number of amides is 2. The number of nitrogens with one attached hydrogen (secondary N) is 1. The smallest absolute Gasteiger partial charge is 0.317 e. The van der Waals surface area contributed by atoms with Crippen LogP contribution in [0.2, 0.25) is 10.0 Å². The number of nitrogens with zero attached hydrogens (tertiary/aromatic N) is 2. The fourth-order valence-corrected chi connectivity index (χ4v) is 5.13. The van der Waals surface area contributed by atoms with Gasteiger partial charge in [-0.1, -0.05) is 29.3 Å². The number of ether oxygens (including phenoxy) is 1. The zero-order valence-corrected chi connectivity index (χ0v) is 16.9. The molecule has 0 aromatic heterocycles. The first-order valence-corrected chi connectivity index (χ1v) is 10.6. The Kier molecular flexibility index (Phi) is 7.97. The summed E-state index contributed by atoms with van der Waals surface area (Å²) >= 11 is 12.1. The highest BCUT2D eigenvalue weighted by atomic mass is 35.5. The minimum Gasteiger partial charge on any atom is -0.382 e. The van der Waals surface area contributed by atoms with E-state index in [0.29, 0.717) is 32.8 Å². The van der Waals surface area contributed by atoms with Crippen molar-refractivity contribution in [1.29, 1.82) is 0 Å². The molecule has 1 aliphatic rings. The molecule has 0 radical (unpaired) electrons. The summed E-state index contributed by atoms with van der Waals surface area (Å²) in [5.74, 6) is 0. The van der Waals surface area contributed by atoms with Gasteiger partial charge in [0.1, 0.15) is 4.90 Å². The summed E-state index contributed by atoms with van der Waals surface area (Å²) in [6, 6.07) is 4.38. The van der Waals surface area contributed by atoms with Gasteiger partial charge in [-0.2, -0.15) is 4.31 Å². The van der Waals surface area contributed by atoms with Crippen LogP contribution in [0.25, 0.3) is 0 Å². The van der Waals surface area contributed by atoms with Crippen LogP contribution < -0.4 is 5.32 Å². The Morgan fingerprint density at radius 3 is 2.38 bits per heavy atom. The predicted octanol–water partition coefficient (Wildman–Crippen LogP) is 2.44. The van der Waals surface area contributed by atoms with Crippen molar-refractivity contribution in [2.24, 2.45) is 0 Å². The Balaban J connectivity index is 1.90. The molecule has 0 saturated carbocycles. The molecule has 1 fully saturated rings. The average molecular weight is 424 g/mol. The molecule has 1 heterocycles. The molecular weight excluding hydrogens is 401 g/mol. The van der Waals surface area contributed by atoms with Crippen LogP contribution >= 0.6 is 23.2 Å². The highest BCUT2D eigenvalue weighted by molar-refractivity contribution is 7.89. The lowest BCUT2D eigenvalue weighted by Crippen LogP contribution is -2.53. The number of halogens is 2. The van der Waals surface area contributed by atoms with E-state index in [-0.39, 0.29) is 34.1 Å². The van der Waals surface area contributed by atoms with E-state index in [2.05, 4.69) is 5.32 Å². The van der Waals surface area contributed by atoms with Crippen LogP contribution in [-0.2, 0) is 14.8 Å². The molecule has 0 bridgehead atoms. The summed E-state index contributed by atoms with van der Waals surface area (Å²) in [6.45, 7) is 4.68. The monoisotopic (exact) mass is 423 g/mol. The topological polar surface area (TPSA) is 79.0 Å². The minimum absolute atomic E-state index is 0.0860. The van der Waals surface area contributed by atoms with Gasteiger partial charge in [-0.3, -0.25) is 0 Å². The number of sulfonamides is 1. The fraction of sp³-hybridized carbons (Fsp3) is 0.562. The largest absolute Gasteiger partial charge is 0.382 e. The quantitative estimate of drug-likeness (QED) is 0.682. The van der Waals surface area contributed by atoms with Gasteiger partial charge in [-0.25, -0.2) is 13.2 Å². The molecule has 0 unspecified atom stereocenters. The van der Waals surface area contributed by atoms with Gasteiger partial charge in [0.2, 0.25) is 10.0 Å². The first-order valence-electron chi connectivity index (χ1n) is 8.42. The second-order valence-corrected chi connectivity index (χ2v) is 8.41. The summed E-state index contributed by atoms with van der Waals surface area (Å²) in [4.78, 5) is 13.6. The molecule has 26 heavy (non-hydrogen) atoms. The number of carbonyl (C=O) groups is 1. The van der Waals surface area contributed by atoms with Crippen LogP contribution in [0.4, 0.5) is 4.79 Å². The van der Waals surface area contributed by atoms with Crippen molar-refractivity contribution in [3.05, 3.63) is 28.2 Å². The highest BCUT2D eigenvalue weighted by Crippen LogP contribution is 2.31. The molecule has 1 aliphatic heterocycles. The molecule has 7 nitrogen and oxygen atoms in total. The molecule has 146 valence electrons. The fourth-order valence-electron chi connectivity index (χ4n) is 2.62. The third kappa shape index (κ3) is 5.23. The van der Waals surface area contributed by atoms with Gasteiger partial charge in [0.15, 0.2) is 0 Å². The third-order valence-electron chi connectivity index (χ3n) is 3.99. The van der Waals surface area contributed by atoms with E-state index < -0.39 is 10.0 Å². The van der Waals surface area contributed by atoms with Crippen molar-refractivity contribution in [1.82, 2.24) is 14.5 Å². The summed E-state index contributed by atoms with van der Waals surface area (Å²) in [6.07, 6.45) is 0.735. The second kappa shape index (κ2) is 9.75. The van der Waals surface area contributed by atoms with Crippen molar-refractivity contribution in [2.75, 3.05) is 45.9 Å². The summed E-state index contributed by atoms with van der Waals surface area (Å²) in [5.41, 5.74) is 0. The summed E-state index contributed by atoms with van der Waals surface area (Å²) in [7, 11) is -3.81. The zero-order chi connectivity index (χ0) is 19.2. The molecule has 1 aromatic carbocycles. The maximum absolute atomic E-state index is 12.8. The van der Waals surface area contributed by atoms with Crippen LogP contribution in [0, 0.1) is 0 Å². The van der Waals surface area contributed by atoms with Crippen molar-refractivity contribution < 1.29 is 17.9 Å². The zero-order valence-electron chi connectivity index (χ0n) is 14.6. The lowest BCUT2D eigenvalue weighted by molar-refractivity contribution is 0.142. The Morgan fingerprint density at radius 1 is 1.19 bits per heavy atom. The second-order valence-electron chi connectivity index (χ2n) is 5.72. The number of rotatable bonds is 7. The third-order valence-corrected chi connectivity index (χ3v) is 6.84. The molecular formula is C16H23Cl2N3O4S. The van der Waals surface area contributed by atoms with Gasteiger partial charge in [-0.05, 0) is 25.5 Å². The maximum atomic E-state index is 12.8. The molecule has 10 heteroatoms. The van der Waals surface area contributed by atoms with Gasteiger partial charge >= 0.3 is 6.03 Å². The molecule has 0 spiro atoms. The van der Waals surface area contributed by atoms with Gasteiger partial charge in [0.05, 0.1) is 10.0 Å². The van der Waals surface area contributed by atoms with Crippen LogP contribution in [0.3, 0.4) is 0 Å². The van der Waals surface area contributed by atoms with Crippen LogP contribution in [0.15, 0.2) is 23.1 Å². The first-order chi connectivity index (χ1) is 12.4. The molecule has 2 rings (SSSR count). The van der Waals surface area contributed by atoms with E-state index in [1.165, 1.54) is 16.4 Å². The normalized spacial score (nSPS) is 15.9.